The van der Waals surface area contributed by atoms with Gasteiger partial charge in [0.1, 0.15) is 6.54 Å². The first kappa shape index (κ1) is 19.4. The van der Waals surface area contributed by atoms with Crippen LogP contribution in [0.1, 0.15) is 6.42 Å². The van der Waals surface area contributed by atoms with E-state index in [1.807, 2.05) is 42.7 Å². The SMILES string of the molecule is O=C(Cn1c(-c2ccc(Cl)cc2)n[nH]c1=S)NCCCn1cnc2ccccc21. The maximum Gasteiger partial charge on any atom is 0.240 e. The number of aromatic nitrogens is 5. The number of rotatable bonds is 7. The lowest BCUT2D eigenvalue weighted by Gasteiger charge is -2.09. The van der Waals surface area contributed by atoms with E-state index in [0.29, 0.717) is 22.2 Å². The van der Waals surface area contributed by atoms with Gasteiger partial charge in [0.15, 0.2) is 10.6 Å². The molecule has 0 aliphatic carbocycles. The number of hydrogen-bond acceptors (Lipinski definition) is 4. The van der Waals surface area contributed by atoms with Crippen LogP contribution in [-0.2, 0) is 17.9 Å². The van der Waals surface area contributed by atoms with Gasteiger partial charge in [-0.1, -0.05) is 23.7 Å². The molecule has 0 radical (unpaired) electrons. The van der Waals surface area contributed by atoms with Gasteiger partial charge < -0.3 is 9.88 Å². The van der Waals surface area contributed by atoms with E-state index in [-0.39, 0.29) is 12.5 Å². The standard InChI is InChI=1S/C20H19ClN6OS/c21-15-8-6-14(7-9-15)19-24-25-20(29)27(19)12-18(28)22-10-3-11-26-13-23-16-4-1-2-5-17(16)26/h1-2,4-9,13H,3,10-12H2,(H,22,28)(H,25,29). The fourth-order valence-electron chi connectivity index (χ4n) is 3.15. The molecule has 2 N–H and O–H groups in total. The first-order valence-corrected chi connectivity index (χ1v) is 9.98. The zero-order valence-electron chi connectivity index (χ0n) is 15.5. The van der Waals surface area contributed by atoms with Gasteiger partial charge in [-0.05, 0) is 55.0 Å². The number of imidazole rings is 1. The van der Waals surface area contributed by atoms with Gasteiger partial charge in [0.25, 0.3) is 0 Å². The number of amides is 1. The summed E-state index contributed by atoms with van der Waals surface area (Å²) in [5.74, 6) is 0.486. The Labute approximate surface area is 177 Å². The van der Waals surface area contributed by atoms with Crippen LogP contribution >= 0.6 is 23.8 Å². The number of para-hydroxylation sites is 2. The van der Waals surface area contributed by atoms with Crippen LogP contribution in [0.3, 0.4) is 0 Å². The van der Waals surface area contributed by atoms with E-state index in [9.17, 15) is 4.79 Å². The third kappa shape index (κ3) is 4.38. The van der Waals surface area contributed by atoms with Crippen molar-refractivity contribution in [1.29, 1.82) is 0 Å². The second-order valence-corrected chi connectivity index (χ2v) is 7.40. The molecular weight excluding hydrogens is 408 g/mol. The van der Waals surface area contributed by atoms with Crippen LogP contribution in [0.15, 0.2) is 54.9 Å². The Bertz CT molecular complexity index is 1190. The van der Waals surface area contributed by atoms with E-state index in [0.717, 1.165) is 29.6 Å². The zero-order valence-corrected chi connectivity index (χ0v) is 17.1. The summed E-state index contributed by atoms with van der Waals surface area (Å²) in [6, 6.07) is 15.2. The summed E-state index contributed by atoms with van der Waals surface area (Å²) in [7, 11) is 0. The Kier molecular flexibility index (Phi) is 5.73. The van der Waals surface area contributed by atoms with Gasteiger partial charge in [-0.3, -0.25) is 14.5 Å². The number of aromatic amines is 1. The summed E-state index contributed by atoms with van der Waals surface area (Å²) in [5, 5.41) is 10.6. The number of carbonyl (C=O) groups is 1. The molecule has 29 heavy (non-hydrogen) atoms. The molecule has 2 heterocycles. The monoisotopic (exact) mass is 426 g/mol. The van der Waals surface area contributed by atoms with Gasteiger partial charge in [-0.25, -0.2) is 4.98 Å². The van der Waals surface area contributed by atoms with E-state index < -0.39 is 0 Å². The Balaban J connectivity index is 1.34. The van der Waals surface area contributed by atoms with E-state index in [2.05, 4.69) is 25.1 Å². The highest BCUT2D eigenvalue weighted by molar-refractivity contribution is 7.71. The van der Waals surface area contributed by atoms with Crippen molar-refractivity contribution in [2.45, 2.75) is 19.5 Å². The summed E-state index contributed by atoms with van der Waals surface area (Å²) in [5.41, 5.74) is 2.90. The third-order valence-corrected chi connectivity index (χ3v) is 5.15. The molecular formula is C20H19ClN6OS. The van der Waals surface area contributed by atoms with Crippen molar-refractivity contribution in [1.82, 2.24) is 29.6 Å². The lowest BCUT2D eigenvalue weighted by Crippen LogP contribution is -2.29. The highest BCUT2D eigenvalue weighted by Crippen LogP contribution is 2.20. The number of nitrogens with one attached hydrogen (secondary N) is 2. The molecule has 0 aliphatic rings. The number of benzene rings is 2. The molecule has 0 aliphatic heterocycles. The van der Waals surface area contributed by atoms with Crippen molar-refractivity contribution >= 4 is 40.8 Å². The predicted molar refractivity (Wildman–Crippen MR) is 115 cm³/mol. The van der Waals surface area contributed by atoms with E-state index >= 15 is 0 Å². The van der Waals surface area contributed by atoms with Gasteiger partial charge in [0, 0.05) is 23.7 Å². The number of aryl methyl sites for hydroxylation is 1. The molecule has 148 valence electrons. The molecule has 0 saturated heterocycles. The van der Waals surface area contributed by atoms with E-state index in [1.54, 1.807) is 16.7 Å². The molecule has 1 amide bonds. The second kappa shape index (κ2) is 8.59. The molecule has 0 spiro atoms. The Hall–Kier alpha value is -2.97. The quantitative estimate of drug-likeness (QED) is 0.348. The molecule has 9 heteroatoms. The van der Waals surface area contributed by atoms with Gasteiger partial charge in [0.05, 0.1) is 17.4 Å². The normalized spacial score (nSPS) is 11.1. The van der Waals surface area contributed by atoms with E-state index in [4.69, 9.17) is 23.8 Å². The molecule has 7 nitrogen and oxygen atoms in total. The molecule has 4 rings (SSSR count). The van der Waals surface area contributed by atoms with Crippen molar-refractivity contribution in [3.63, 3.8) is 0 Å². The Morgan fingerprint density at radius 1 is 1.17 bits per heavy atom. The molecule has 0 unspecified atom stereocenters. The van der Waals surface area contributed by atoms with Crippen LogP contribution in [0.2, 0.25) is 5.02 Å². The predicted octanol–water partition coefficient (Wildman–Crippen LogP) is 3.82. The topological polar surface area (TPSA) is 80.5 Å². The summed E-state index contributed by atoms with van der Waals surface area (Å²) in [6.07, 6.45) is 2.63. The minimum Gasteiger partial charge on any atom is -0.354 e. The summed E-state index contributed by atoms with van der Waals surface area (Å²) >= 11 is 11.2. The maximum absolute atomic E-state index is 12.4. The molecule has 0 saturated carbocycles. The fraction of sp³-hybridized carbons (Fsp3) is 0.200. The zero-order chi connectivity index (χ0) is 20.2. The van der Waals surface area contributed by atoms with Crippen LogP contribution in [0.5, 0.6) is 0 Å². The smallest absolute Gasteiger partial charge is 0.240 e. The number of hydrogen-bond donors (Lipinski definition) is 2. The Morgan fingerprint density at radius 3 is 2.79 bits per heavy atom. The largest absolute Gasteiger partial charge is 0.354 e. The summed E-state index contributed by atoms with van der Waals surface area (Å²) in [4.78, 5) is 16.8. The minimum atomic E-state index is -0.117. The van der Waals surface area contributed by atoms with Gasteiger partial charge in [-0.15, -0.1) is 0 Å². The number of H-pyrrole nitrogens is 1. The van der Waals surface area contributed by atoms with Crippen LogP contribution in [0.25, 0.3) is 22.4 Å². The van der Waals surface area contributed by atoms with Crippen LogP contribution < -0.4 is 5.32 Å². The number of nitrogens with zero attached hydrogens (tertiary/aromatic N) is 4. The van der Waals surface area contributed by atoms with Crippen molar-refractivity contribution in [2.75, 3.05) is 6.54 Å². The van der Waals surface area contributed by atoms with Crippen molar-refractivity contribution < 1.29 is 4.79 Å². The summed E-state index contributed by atoms with van der Waals surface area (Å²) < 4.78 is 4.17. The number of halogens is 1. The van der Waals surface area contributed by atoms with Crippen molar-refractivity contribution in [2.24, 2.45) is 0 Å². The molecule has 0 bridgehead atoms. The highest BCUT2D eigenvalue weighted by atomic mass is 35.5. The first-order valence-electron chi connectivity index (χ1n) is 9.19. The lowest BCUT2D eigenvalue weighted by molar-refractivity contribution is -0.121. The van der Waals surface area contributed by atoms with E-state index in [1.165, 1.54) is 0 Å². The lowest BCUT2D eigenvalue weighted by atomic mass is 10.2. The first-order chi connectivity index (χ1) is 14.1. The average molecular weight is 427 g/mol. The van der Waals surface area contributed by atoms with Gasteiger partial charge in [0.2, 0.25) is 5.91 Å². The molecule has 2 aromatic heterocycles. The minimum absolute atomic E-state index is 0.0985. The van der Waals surface area contributed by atoms with Crippen LogP contribution in [-0.4, -0.2) is 36.8 Å². The number of fused-ring (bicyclic) bond motifs is 1. The van der Waals surface area contributed by atoms with Crippen molar-refractivity contribution in [3.8, 4) is 11.4 Å². The Morgan fingerprint density at radius 2 is 1.97 bits per heavy atom. The molecule has 0 fully saturated rings. The third-order valence-electron chi connectivity index (χ3n) is 4.59. The molecule has 2 aromatic carbocycles. The second-order valence-electron chi connectivity index (χ2n) is 6.58. The summed E-state index contributed by atoms with van der Waals surface area (Å²) in [6.45, 7) is 1.44. The van der Waals surface area contributed by atoms with Gasteiger partial charge in [-0.2, -0.15) is 5.10 Å². The van der Waals surface area contributed by atoms with Crippen molar-refractivity contribution in [3.05, 3.63) is 64.7 Å². The molecule has 4 aromatic rings. The maximum atomic E-state index is 12.4. The fourth-order valence-corrected chi connectivity index (χ4v) is 3.47. The highest BCUT2D eigenvalue weighted by Gasteiger charge is 2.12. The van der Waals surface area contributed by atoms with Crippen LogP contribution in [0, 0.1) is 4.77 Å². The average Bonchev–Trinajstić information content (AvgIpc) is 3.30. The number of carbonyl (C=O) groups excluding carboxylic acids is 1. The van der Waals surface area contributed by atoms with Crippen LogP contribution in [0.4, 0.5) is 0 Å². The van der Waals surface area contributed by atoms with Gasteiger partial charge >= 0.3 is 0 Å². The molecule has 0 atom stereocenters.